The molecule has 0 aromatic carbocycles. The molecule has 1 aliphatic carbocycles. The molecule has 0 bridgehead atoms. The van der Waals surface area contributed by atoms with Gasteiger partial charge in [0.2, 0.25) is 0 Å². The lowest BCUT2D eigenvalue weighted by atomic mass is 10.0. The van der Waals surface area contributed by atoms with Crippen molar-refractivity contribution in [2.45, 2.75) is 25.7 Å². The maximum absolute atomic E-state index is 4.12. The number of H-pyrrole nitrogens is 1. The van der Waals surface area contributed by atoms with Gasteiger partial charge in [-0.3, -0.25) is 0 Å². The van der Waals surface area contributed by atoms with E-state index in [1.54, 1.807) is 0 Å². The summed E-state index contributed by atoms with van der Waals surface area (Å²) < 4.78 is 0. The summed E-state index contributed by atoms with van der Waals surface area (Å²) in [4.78, 5) is 3.23. The zero-order valence-corrected chi connectivity index (χ0v) is 7.70. The number of hydrogen-bond donors (Lipinski definition) is 1. The van der Waals surface area contributed by atoms with E-state index in [-0.39, 0.29) is 0 Å². The van der Waals surface area contributed by atoms with E-state index in [9.17, 15) is 0 Å². The molecule has 0 amide bonds. The summed E-state index contributed by atoms with van der Waals surface area (Å²) in [5.74, 6) is 2.34. The third-order valence-electron chi connectivity index (χ3n) is 2.22. The second kappa shape index (κ2) is 3.56. The molecular formula is C10H13N3. The molecule has 1 aromatic heterocycles. The molecule has 1 unspecified atom stereocenters. The largest absolute Gasteiger partial charge is 0.328 e. The highest BCUT2D eigenvalue weighted by molar-refractivity contribution is 5.19. The number of aromatic nitrogens is 3. The summed E-state index contributed by atoms with van der Waals surface area (Å²) in [7, 11) is 0. The minimum atomic E-state index is 0.387. The van der Waals surface area contributed by atoms with Crippen LogP contribution in [-0.2, 0) is 6.42 Å². The predicted molar refractivity (Wildman–Crippen MR) is 51.4 cm³/mol. The average Bonchev–Trinajstić information content (AvgIpc) is 2.67. The SMILES string of the molecule is CCc1nnc(C2C=CC=CC2)[nH]1. The fourth-order valence-corrected chi connectivity index (χ4v) is 1.42. The summed E-state index contributed by atoms with van der Waals surface area (Å²) in [5, 5.41) is 8.17. The molecule has 0 fully saturated rings. The lowest BCUT2D eigenvalue weighted by Crippen LogP contribution is -1.98. The number of rotatable bonds is 2. The Morgan fingerprint density at radius 3 is 3.00 bits per heavy atom. The van der Waals surface area contributed by atoms with Gasteiger partial charge >= 0.3 is 0 Å². The van der Waals surface area contributed by atoms with Crippen LogP contribution >= 0.6 is 0 Å². The van der Waals surface area contributed by atoms with Crippen molar-refractivity contribution in [3.05, 3.63) is 36.0 Å². The van der Waals surface area contributed by atoms with E-state index >= 15 is 0 Å². The van der Waals surface area contributed by atoms with Gasteiger partial charge in [-0.1, -0.05) is 31.2 Å². The summed E-state index contributed by atoms with van der Waals surface area (Å²) in [5.41, 5.74) is 0. The quantitative estimate of drug-likeness (QED) is 0.746. The Kier molecular flexibility index (Phi) is 2.25. The molecule has 0 saturated heterocycles. The maximum atomic E-state index is 4.12. The first-order valence-electron chi connectivity index (χ1n) is 4.65. The Balaban J connectivity index is 2.16. The van der Waals surface area contributed by atoms with Crippen LogP contribution < -0.4 is 0 Å². The topological polar surface area (TPSA) is 41.6 Å². The fourth-order valence-electron chi connectivity index (χ4n) is 1.42. The van der Waals surface area contributed by atoms with Crippen LogP contribution in [0.3, 0.4) is 0 Å². The maximum Gasteiger partial charge on any atom is 0.137 e. The van der Waals surface area contributed by atoms with E-state index < -0.39 is 0 Å². The number of aromatic amines is 1. The molecule has 68 valence electrons. The van der Waals surface area contributed by atoms with Crippen LogP contribution in [0.5, 0.6) is 0 Å². The highest BCUT2D eigenvalue weighted by Gasteiger charge is 2.12. The van der Waals surface area contributed by atoms with Gasteiger partial charge in [-0.2, -0.15) is 0 Å². The van der Waals surface area contributed by atoms with Crippen molar-refractivity contribution in [3.63, 3.8) is 0 Å². The number of nitrogens with zero attached hydrogens (tertiary/aromatic N) is 2. The van der Waals surface area contributed by atoms with Crippen LogP contribution in [0.4, 0.5) is 0 Å². The van der Waals surface area contributed by atoms with Crippen LogP contribution in [0.2, 0.25) is 0 Å². The molecule has 1 aromatic rings. The minimum Gasteiger partial charge on any atom is -0.328 e. The van der Waals surface area contributed by atoms with Gasteiger partial charge in [0.25, 0.3) is 0 Å². The van der Waals surface area contributed by atoms with Crippen molar-refractivity contribution >= 4 is 0 Å². The van der Waals surface area contributed by atoms with Crippen molar-refractivity contribution < 1.29 is 0 Å². The molecule has 0 spiro atoms. The summed E-state index contributed by atoms with van der Waals surface area (Å²) in [6.07, 6.45) is 10.4. The van der Waals surface area contributed by atoms with E-state index in [4.69, 9.17) is 0 Å². The average molecular weight is 175 g/mol. The number of aryl methyl sites for hydroxylation is 1. The van der Waals surface area contributed by atoms with Gasteiger partial charge in [-0.15, -0.1) is 10.2 Å². The molecule has 3 heteroatoms. The van der Waals surface area contributed by atoms with Crippen molar-refractivity contribution in [3.8, 4) is 0 Å². The van der Waals surface area contributed by atoms with Crippen LogP contribution in [0.1, 0.15) is 30.9 Å². The zero-order chi connectivity index (χ0) is 9.10. The number of nitrogens with one attached hydrogen (secondary N) is 1. The molecule has 3 nitrogen and oxygen atoms in total. The number of hydrogen-bond acceptors (Lipinski definition) is 2. The molecule has 0 saturated carbocycles. The van der Waals surface area contributed by atoms with Crippen molar-refractivity contribution in [1.29, 1.82) is 0 Å². The Labute approximate surface area is 77.6 Å². The zero-order valence-electron chi connectivity index (χ0n) is 7.70. The second-order valence-corrected chi connectivity index (χ2v) is 3.17. The molecule has 1 aliphatic rings. The Hall–Kier alpha value is -1.38. The first-order chi connectivity index (χ1) is 6.40. The van der Waals surface area contributed by atoms with E-state index in [0.717, 1.165) is 24.5 Å². The lowest BCUT2D eigenvalue weighted by molar-refractivity contribution is 0.777. The number of allylic oxidation sites excluding steroid dienone is 4. The van der Waals surface area contributed by atoms with Crippen molar-refractivity contribution in [2.75, 3.05) is 0 Å². The smallest absolute Gasteiger partial charge is 0.137 e. The Morgan fingerprint density at radius 1 is 1.46 bits per heavy atom. The van der Waals surface area contributed by atoms with Crippen molar-refractivity contribution in [1.82, 2.24) is 15.2 Å². The highest BCUT2D eigenvalue weighted by atomic mass is 15.2. The normalized spacial score (nSPS) is 20.8. The predicted octanol–water partition coefficient (Wildman–Crippen LogP) is 1.97. The summed E-state index contributed by atoms with van der Waals surface area (Å²) >= 11 is 0. The van der Waals surface area contributed by atoms with Gasteiger partial charge in [0.05, 0.1) is 0 Å². The summed E-state index contributed by atoms with van der Waals surface area (Å²) in [6, 6.07) is 0. The third kappa shape index (κ3) is 1.69. The Morgan fingerprint density at radius 2 is 2.38 bits per heavy atom. The standard InChI is InChI=1S/C10H13N3/c1-2-9-11-10(13-12-9)8-6-4-3-5-7-8/h3-6,8H,2,7H2,1H3,(H,11,12,13). The highest BCUT2D eigenvalue weighted by Crippen LogP contribution is 2.20. The van der Waals surface area contributed by atoms with E-state index in [1.807, 2.05) is 0 Å². The van der Waals surface area contributed by atoms with E-state index in [2.05, 4.69) is 46.4 Å². The Bertz CT molecular complexity index is 336. The first kappa shape index (κ1) is 8.23. The van der Waals surface area contributed by atoms with Crippen LogP contribution in [0.15, 0.2) is 24.3 Å². The molecule has 0 radical (unpaired) electrons. The van der Waals surface area contributed by atoms with E-state index in [1.165, 1.54) is 0 Å². The van der Waals surface area contributed by atoms with Crippen LogP contribution in [-0.4, -0.2) is 15.2 Å². The molecule has 1 atom stereocenters. The van der Waals surface area contributed by atoms with Gasteiger partial charge in [0.1, 0.15) is 11.6 Å². The molecule has 0 aliphatic heterocycles. The van der Waals surface area contributed by atoms with Crippen LogP contribution in [0.25, 0.3) is 0 Å². The van der Waals surface area contributed by atoms with Gasteiger partial charge < -0.3 is 4.98 Å². The molecule has 2 rings (SSSR count). The molecule has 1 N–H and O–H groups in total. The van der Waals surface area contributed by atoms with Gasteiger partial charge in [-0.25, -0.2) is 0 Å². The van der Waals surface area contributed by atoms with E-state index in [0.29, 0.717) is 5.92 Å². The molecule has 13 heavy (non-hydrogen) atoms. The second-order valence-electron chi connectivity index (χ2n) is 3.17. The summed E-state index contributed by atoms with van der Waals surface area (Å²) in [6.45, 7) is 2.07. The fraction of sp³-hybridized carbons (Fsp3) is 0.400. The van der Waals surface area contributed by atoms with Gasteiger partial charge in [-0.05, 0) is 6.42 Å². The van der Waals surface area contributed by atoms with Gasteiger partial charge in [0, 0.05) is 12.3 Å². The monoisotopic (exact) mass is 175 g/mol. The molecular weight excluding hydrogens is 162 g/mol. The third-order valence-corrected chi connectivity index (χ3v) is 2.22. The minimum absolute atomic E-state index is 0.387. The van der Waals surface area contributed by atoms with Crippen molar-refractivity contribution in [2.24, 2.45) is 0 Å². The lowest BCUT2D eigenvalue weighted by Gasteiger charge is -2.07. The van der Waals surface area contributed by atoms with Crippen LogP contribution in [0, 0.1) is 0 Å². The van der Waals surface area contributed by atoms with Gasteiger partial charge in [0.15, 0.2) is 0 Å². The molecule has 1 heterocycles. The first-order valence-corrected chi connectivity index (χ1v) is 4.65.